The molecular weight excluding hydrogens is 255 g/mol. The molecule has 1 aliphatic carbocycles. The number of nitrogens with zero attached hydrogens (tertiary/aromatic N) is 1. The van der Waals surface area contributed by atoms with Gasteiger partial charge in [0.15, 0.2) is 0 Å². The van der Waals surface area contributed by atoms with Crippen molar-refractivity contribution in [2.75, 3.05) is 19.6 Å². The molecule has 2 fully saturated rings. The van der Waals surface area contributed by atoms with Crippen molar-refractivity contribution in [3.8, 4) is 0 Å². The molecule has 1 atom stereocenters. The molecule has 110 valence electrons. The van der Waals surface area contributed by atoms with Crippen molar-refractivity contribution < 1.29 is 18.0 Å². The van der Waals surface area contributed by atoms with Gasteiger partial charge in [0, 0.05) is 18.5 Å². The zero-order valence-electron chi connectivity index (χ0n) is 11.2. The number of hydrogen-bond donors (Lipinski definition) is 0. The van der Waals surface area contributed by atoms with Gasteiger partial charge in [0.05, 0.1) is 5.92 Å². The second-order valence-electron chi connectivity index (χ2n) is 6.16. The third-order valence-corrected chi connectivity index (χ3v) is 4.61. The van der Waals surface area contributed by atoms with Crippen LogP contribution in [-0.4, -0.2) is 37.0 Å². The van der Waals surface area contributed by atoms with Gasteiger partial charge in [-0.1, -0.05) is 19.3 Å². The summed E-state index contributed by atoms with van der Waals surface area (Å²) in [5, 5.41) is 0. The molecule has 0 spiro atoms. The molecule has 0 aromatic rings. The SMILES string of the molecule is O=CC1(CN2CCCC(C(F)(F)F)C2)CCCCC1. The number of likely N-dealkylation sites (tertiary alicyclic amines) is 1. The van der Waals surface area contributed by atoms with Gasteiger partial charge in [-0.2, -0.15) is 13.2 Å². The van der Waals surface area contributed by atoms with Crippen LogP contribution in [0.4, 0.5) is 13.2 Å². The van der Waals surface area contributed by atoms with Crippen LogP contribution in [-0.2, 0) is 4.79 Å². The van der Waals surface area contributed by atoms with E-state index in [1.807, 2.05) is 4.90 Å². The van der Waals surface area contributed by atoms with E-state index < -0.39 is 12.1 Å². The highest BCUT2D eigenvalue weighted by atomic mass is 19.4. The lowest BCUT2D eigenvalue weighted by Gasteiger charge is -2.40. The topological polar surface area (TPSA) is 20.3 Å². The smallest absolute Gasteiger partial charge is 0.303 e. The summed E-state index contributed by atoms with van der Waals surface area (Å²) >= 11 is 0. The molecular formula is C14H22F3NO. The van der Waals surface area contributed by atoms with Crippen LogP contribution >= 0.6 is 0 Å². The Morgan fingerprint density at radius 2 is 1.84 bits per heavy atom. The number of halogens is 3. The van der Waals surface area contributed by atoms with E-state index in [-0.39, 0.29) is 18.4 Å². The van der Waals surface area contributed by atoms with Crippen LogP contribution in [0.2, 0.25) is 0 Å². The Kier molecular flexibility index (Phi) is 4.54. The first kappa shape index (κ1) is 14.8. The van der Waals surface area contributed by atoms with Crippen molar-refractivity contribution >= 4 is 6.29 Å². The fourth-order valence-corrected chi connectivity index (χ4v) is 3.48. The van der Waals surface area contributed by atoms with Crippen LogP contribution < -0.4 is 0 Å². The number of alkyl halides is 3. The molecule has 2 aliphatic rings. The number of aldehydes is 1. The average molecular weight is 277 g/mol. The van der Waals surface area contributed by atoms with E-state index >= 15 is 0 Å². The van der Waals surface area contributed by atoms with Crippen molar-refractivity contribution in [2.24, 2.45) is 11.3 Å². The van der Waals surface area contributed by atoms with Gasteiger partial charge in [-0.05, 0) is 32.2 Å². The normalized spacial score (nSPS) is 29.1. The third-order valence-electron chi connectivity index (χ3n) is 4.61. The first-order chi connectivity index (χ1) is 8.95. The van der Waals surface area contributed by atoms with Crippen LogP contribution in [0.5, 0.6) is 0 Å². The average Bonchev–Trinajstić information content (AvgIpc) is 2.39. The lowest BCUT2D eigenvalue weighted by atomic mass is 9.74. The maximum atomic E-state index is 12.8. The summed E-state index contributed by atoms with van der Waals surface area (Å²) in [6.07, 6.45) is 2.58. The molecule has 0 N–H and O–H groups in total. The van der Waals surface area contributed by atoms with E-state index in [0.717, 1.165) is 38.4 Å². The third kappa shape index (κ3) is 3.71. The fraction of sp³-hybridized carbons (Fsp3) is 0.929. The van der Waals surface area contributed by atoms with Crippen LogP contribution in [0.3, 0.4) is 0 Å². The maximum absolute atomic E-state index is 12.8. The summed E-state index contributed by atoms with van der Waals surface area (Å²) in [7, 11) is 0. The van der Waals surface area contributed by atoms with Gasteiger partial charge in [-0.15, -0.1) is 0 Å². The first-order valence-electron chi connectivity index (χ1n) is 7.21. The van der Waals surface area contributed by atoms with Gasteiger partial charge in [0.2, 0.25) is 0 Å². The van der Waals surface area contributed by atoms with Gasteiger partial charge in [-0.25, -0.2) is 0 Å². The van der Waals surface area contributed by atoms with Crippen LogP contribution in [0.1, 0.15) is 44.9 Å². The van der Waals surface area contributed by atoms with E-state index in [4.69, 9.17) is 0 Å². The minimum atomic E-state index is -4.10. The van der Waals surface area contributed by atoms with Gasteiger partial charge in [0.1, 0.15) is 6.29 Å². The molecule has 5 heteroatoms. The minimum Gasteiger partial charge on any atom is -0.303 e. The number of carbonyl (C=O) groups is 1. The Hall–Kier alpha value is -0.580. The zero-order valence-corrected chi connectivity index (χ0v) is 11.2. The van der Waals surface area contributed by atoms with Crippen molar-refractivity contribution in [2.45, 2.75) is 51.1 Å². The Morgan fingerprint density at radius 1 is 1.16 bits per heavy atom. The maximum Gasteiger partial charge on any atom is 0.393 e. The fourth-order valence-electron chi connectivity index (χ4n) is 3.48. The van der Waals surface area contributed by atoms with Crippen molar-refractivity contribution in [1.29, 1.82) is 0 Å². The van der Waals surface area contributed by atoms with Crippen LogP contribution in [0.15, 0.2) is 0 Å². The second-order valence-corrected chi connectivity index (χ2v) is 6.16. The first-order valence-corrected chi connectivity index (χ1v) is 7.21. The summed E-state index contributed by atoms with van der Waals surface area (Å²) in [6, 6.07) is 0. The van der Waals surface area contributed by atoms with Gasteiger partial charge >= 0.3 is 6.18 Å². The molecule has 0 radical (unpaired) electrons. The molecule has 0 aromatic heterocycles. The number of hydrogen-bond acceptors (Lipinski definition) is 2. The molecule has 1 saturated carbocycles. The molecule has 2 rings (SSSR count). The van der Waals surface area contributed by atoms with E-state index in [1.165, 1.54) is 0 Å². The quantitative estimate of drug-likeness (QED) is 0.737. The highest BCUT2D eigenvalue weighted by Crippen LogP contribution is 2.38. The van der Waals surface area contributed by atoms with Crippen molar-refractivity contribution in [1.82, 2.24) is 4.90 Å². The predicted molar refractivity (Wildman–Crippen MR) is 66.8 cm³/mol. The minimum absolute atomic E-state index is 0.0685. The molecule has 1 saturated heterocycles. The monoisotopic (exact) mass is 277 g/mol. The number of carbonyl (C=O) groups excluding carboxylic acids is 1. The molecule has 19 heavy (non-hydrogen) atoms. The lowest BCUT2D eigenvalue weighted by Crippen LogP contribution is -2.47. The Labute approximate surface area is 112 Å². The highest BCUT2D eigenvalue weighted by molar-refractivity contribution is 5.60. The van der Waals surface area contributed by atoms with E-state index in [0.29, 0.717) is 19.5 Å². The van der Waals surface area contributed by atoms with E-state index in [1.54, 1.807) is 0 Å². The zero-order chi connectivity index (χ0) is 13.9. The number of piperidine rings is 1. The van der Waals surface area contributed by atoms with Gasteiger partial charge in [-0.3, -0.25) is 0 Å². The van der Waals surface area contributed by atoms with Gasteiger partial charge < -0.3 is 9.69 Å². The largest absolute Gasteiger partial charge is 0.393 e. The van der Waals surface area contributed by atoms with Gasteiger partial charge in [0.25, 0.3) is 0 Å². The Balaban J connectivity index is 1.96. The molecule has 0 amide bonds. The molecule has 1 aliphatic heterocycles. The van der Waals surface area contributed by atoms with E-state index in [9.17, 15) is 18.0 Å². The molecule has 0 bridgehead atoms. The number of rotatable bonds is 3. The van der Waals surface area contributed by atoms with E-state index in [2.05, 4.69) is 0 Å². The second kappa shape index (κ2) is 5.81. The summed E-state index contributed by atoms with van der Waals surface area (Å²) < 4.78 is 38.3. The molecule has 0 aromatic carbocycles. The molecule has 2 nitrogen and oxygen atoms in total. The Morgan fingerprint density at radius 3 is 2.42 bits per heavy atom. The summed E-state index contributed by atoms with van der Waals surface area (Å²) in [6.45, 7) is 1.28. The summed E-state index contributed by atoms with van der Waals surface area (Å²) in [5.41, 5.74) is -0.383. The Bertz CT molecular complexity index is 310. The standard InChI is InChI=1S/C14H22F3NO/c15-14(16,17)12-5-4-8-18(9-12)10-13(11-19)6-2-1-3-7-13/h11-12H,1-10H2. The van der Waals surface area contributed by atoms with Crippen LogP contribution in [0, 0.1) is 11.3 Å². The van der Waals surface area contributed by atoms with Crippen molar-refractivity contribution in [3.63, 3.8) is 0 Å². The van der Waals surface area contributed by atoms with Crippen LogP contribution in [0.25, 0.3) is 0 Å². The van der Waals surface area contributed by atoms with Crippen molar-refractivity contribution in [3.05, 3.63) is 0 Å². The lowest BCUT2D eigenvalue weighted by molar-refractivity contribution is -0.187. The molecule has 1 unspecified atom stereocenters. The predicted octanol–water partition coefficient (Wildman–Crippen LogP) is 3.41. The molecule has 1 heterocycles. The summed E-state index contributed by atoms with van der Waals surface area (Å²) in [5.74, 6) is -1.21. The summed E-state index contributed by atoms with van der Waals surface area (Å²) in [4.78, 5) is 13.2. The highest BCUT2D eigenvalue weighted by Gasteiger charge is 2.43.